The Kier molecular flexibility index (Phi) is 4.39. The normalized spacial score (nSPS) is 20.4. The van der Waals surface area contributed by atoms with Gasteiger partial charge >= 0.3 is 0 Å². The highest BCUT2D eigenvalue weighted by Crippen LogP contribution is 2.26. The van der Waals surface area contributed by atoms with Crippen molar-refractivity contribution in [2.45, 2.75) is 57.5 Å². The molecule has 0 bridgehead atoms. The number of nitrogens with one attached hydrogen (secondary N) is 1. The fraction of sp³-hybridized carbons (Fsp3) is 1.00. The Morgan fingerprint density at radius 1 is 1.21 bits per heavy atom. The first kappa shape index (κ1) is 12.0. The van der Waals surface area contributed by atoms with E-state index in [1.165, 1.54) is 32.1 Å². The zero-order chi connectivity index (χ0) is 10.6. The Bertz CT molecular complexity index is 160. The molecule has 0 saturated heterocycles. The molecule has 0 atom stereocenters. The first-order valence-corrected chi connectivity index (χ1v) is 5.95. The van der Waals surface area contributed by atoms with Crippen molar-refractivity contribution in [1.29, 1.82) is 0 Å². The maximum atomic E-state index is 3.29. The molecule has 1 rings (SSSR count). The molecule has 0 aromatic carbocycles. The standard InChI is InChI=1S/C12H26N2/c1-12(2,10-13-3)14(4)11-8-6-5-7-9-11/h11,13H,5-10H2,1-4H3. The van der Waals surface area contributed by atoms with Crippen molar-refractivity contribution in [3.63, 3.8) is 0 Å². The summed E-state index contributed by atoms with van der Waals surface area (Å²) in [7, 11) is 4.32. The smallest absolute Gasteiger partial charge is 0.0277 e. The Labute approximate surface area is 89.1 Å². The van der Waals surface area contributed by atoms with E-state index in [4.69, 9.17) is 0 Å². The summed E-state index contributed by atoms with van der Waals surface area (Å²) < 4.78 is 0. The fourth-order valence-corrected chi connectivity index (χ4v) is 2.52. The third kappa shape index (κ3) is 2.96. The zero-order valence-corrected chi connectivity index (χ0v) is 10.3. The second kappa shape index (κ2) is 5.13. The quantitative estimate of drug-likeness (QED) is 0.745. The van der Waals surface area contributed by atoms with Gasteiger partial charge in [-0.05, 0) is 40.8 Å². The molecule has 1 fully saturated rings. The van der Waals surface area contributed by atoms with Gasteiger partial charge in [-0.25, -0.2) is 0 Å². The number of hydrogen-bond donors (Lipinski definition) is 1. The van der Waals surface area contributed by atoms with Crippen LogP contribution < -0.4 is 5.32 Å². The minimum Gasteiger partial charge on any atom is -0.318 e. The average molecular weight is 198 g/mol. The number of hydrogen-bond acceptors (Lipinski definition) is 2. The van der Waals surface area contributed by atoms with Gasteiger partial charge < -0.3 is 5.32 Å². The molecular weight excluding hydrogens is 172 g/mol. The van der Waals surface area contributed by atoms with E-state index < -0.39 is 0 Å². The lowest BCUT2D eigenvalue weighted by atomic mass is 9.90. The molecule has 1 aliphatic rings. The predicted octanol–water partition coefficient (Wildman–Crippen LogP) is 2.25. The molecule has 1 aliphatic carbocycles. The molecule has 0 amide bonds. The van der Waals surface area contributed by atoms with Crippen molar-refractivity contribution in [2.75, 3.05) is 20.6 Å². The lowest BCUT2D eigenvalue weighted by Gasteiger charge is -2.42. The Balaban J connectivity index is 2.48. The Hall–Kier alpha value is -0.0800. The van der Waals surface area contributed by atoms with Gasteiger partial charge in [-0.15, -0.1) is 0 Å². The largest absolute Gasteiger partial charge is 0.318 e. The summed E-state index contributed by atoms with van der Waals surface area (Å²) in [5.74, 6) is 0. The molecule has 84 valence electrons. The summed E-state index contributed by atoms with van der Waals surface area (Å²) in [6.45, 7) is 5.73. The molecule has 2 nitrogen and oxygen atoms in total. The van der Waals surface area contributed by atoms with E-state index in [-0.39, 0.29) is 5.54 Å². The van der Waals surface area contributed by atoms with E-state index in [9.17, 15) is 0 Å². The van der Waals surface area contributed by atoms with Gasteiger partial charge in [0.25, 0.3) is 0 Å². The zero-order valence-electron chi connectivity index (χ0n) is 10.3. The van der Waals surface area contributed by atoms with Crippen LogP contribution in [-0.2, 0) is 0 Å². The Morgan fingerprint density at radius 2 is 1.79 bits per heavy atom. The summed E-state index contributed by atoms with van der Waals surface area (Å²) in [6.07, 6.45) is 7.07. The summed E-state index contributed by atoms with van der Waals surface area (Å²) in [4.78, 5) is 2.57. The maximum Gasteiger partial charge on any atom is 0.0277 e. The predicted molar refractivity (Wildman–Crippen MR) is 62.6 cm³/mol. The maximum absolute atomic E-state index is 3.29. The summed E-state index contributed by atoms with van der Waals surface area (Å²) >= 11 is 0. The van der Waals surface area contributed by atoms with Crippen molar-refractivity contribution in [3.8, 4) is 0 Å². The van der Waals surface area contributed by atoms with Crippen molar-refractivity contribution in [3.05, 3.63) is 0 Å². The number of likely N-dealkylation sites (N-methyl/N-ethyl adjacent to an activating group) is 2. The van der Waals surface area contributed by atoms with Crippen LogP contribution in [0, 0.1) is 0 Å². The van der Waals surface area contributed by atoms with Crippen LogP contribution in [0.3, 0.4) is 0 Å². The van der Waals surface area contributed by atoms with Gasteiger partial charge in [-0.3, -0.25) is 4.90 Å². The minimum atomic E-state index is 0.288. The van der Waals surface area contributed by atoms with Crippen LogP contribution in [0.4, 0.5) is 0 Å². The van der Waals surface area contributed by atoms with E-state index in [0.717, 1.165) is 12.6 Å². The van der Waals surface area contributed by atoms with Crippen LogP contribution in [0.5, 0.6) is 0 Å². The lowest BCUT2D eigenvalue weighted by molar-refractivity contribution is 0.0788. The van der Waals surface area contributed by atoms with Crippen LogP contribution in [-0.4, -0.2) is 37.1 Å². The highest BCUT2D eigenvalue weighted by molar-refractivity contribution is 4.87. The monoisotopic (exact) mass is 198 g/mol. The van der Waals surface area contributed by atoms with E-state index in [2.05, 4.69) is 31.1 Å². The van der Waals surface area contributed by atoms with Gasteiger partial charge in [-0.2, -0.15) is 0 Å². The van der Waals surface area contributed by atoms with Gasteiger partial charge in [0.1, 0.15) is 0 Å². The molecule has 0 aliphatic heterocycles. The molecule has 0 aromatic heterocycles. The van der Waals surface area contributed by atoms with Crippen LogP contribution in [0.15, 0.2) is 0 Å². The van der Waals surface area contributed by atoms with Crippen molar-refractivity contribution in [1.82, 2.24) is 10.2 Å². The van der Waals surface area contributed by atoms with E-state index in [1.54, 1.807) is 0 Å². The van der Waals surface area contributed by atoms with Gasteiger partial charge in [0, 0.05) is 18.1 Å². The van der Waals surface area contributed by atoms with Crippen molar-refractivity contribution >= 4 is 0 Å². The van der Waals surface area contributed by atoms with Crippen molar-refractivity contribution < 1.29 is 0 Å². The van der Waals surface area contributed by atoms with Gasteiger partial charge in [-0.1, -0.05) is 19.3 Å². The molecule has 1 saturated carbocycles. The fourth-order valence-electron chi connectivity index (χ4n) is 2.52. The minimum absolute atomic E-state index is 0.288. The first-order chi connectivity index (χ1) is 6.58. The summed E-state index contributed by atoms with van der Waals surface area (Å²) in [5, 5.41) is 3.29. The Morgan fingerprint density at radius 3 is 2.29 bits per heavy atom. The second-order valence-corrected chi connectivity index (χ2v) is 5.25. The second-order valence-electron chi connectivity index (χ2n) is 5.25. The molecule has 0 heterocycles. The topological polar surface area (TPSA) is 15.3 Å². The van der Waals surface area contributed by atoms with Gasteiger partial charge in [0.15, 0.2) is 0 Å². The van der Waals surface area contributed by atoms with Crippen LogP contribution in [0.25, 0.3) is 0 Å². The lowest BCUT2D eigenvalue weighted by Crippen LogP contribution is -2.52. The highest BCUT2D eigenvalue weighted by Gasteiger charge is 2.29. The van der Waals surface area contributed by atoms with Crippen LogP contribution in [0.1, 0.15) is 46.0 Å². The SMILES string of the molecule is CNCC(C)(C)N(C)C1CCCCC1. The van der Waals surface area contributed by atoms with Gasteiger partial charge in [0.05, 0.1) is 0 Å². The molecule has 2 heteroatoms. The average Bonchev–Trinajstić information content (AvgIpc) is 2.18. The molecule has 1 N–H and O–H groups in total. The van der Waals surface area contributed by atoms with Crippen LogP contribution in [0.2, 0.25) is 0 Å². The first-order valence-electron chi connectivity index (χ1n) is 5.95. The van der Waals surface area contributed by atoms with Crippen molar-refractivity contribution in [2.24, 2.45) is 0 Å². The number of nitrogens with zero attached hydrogens (tertiary/aromatic N) is 1. The molecule has 0 unspecified atom stereocenters. The third-order valence-corrected chi connectivity index (χ3v) is 3.69. The molecule has 0 aromatic rings. The third-order valence-electron chi connectivity index (χ3n) is 3.69. The van der Waals surface area contributed by atoms with E-state index in [1.807, 2.05) is 7.05 Å². The van der Waals surface area contributed by atoms with E-state index in [0.29, 0.717) is 0 Å². The highest BCUT2D eigenvalue weighted by atomic mass is 15.2. The molecule has 0 radical (unpaired) electrons. The van der Waals surface area contributed by atoms with Gasteiger partial charge in [0.2, 0.25) is 0 Å². The summed E-state index contributed by atoms with van der Waals surface area (Å²) in [5.41, 5.74) is 0.288. The number of rotatable bonds is 4. The molecule has 0 spiro atoms. The molecule has 14 heavy (non-hydrogen) atoms. The van der Waals surface area contributed by atoms with Crippen LogP contribution >= 0.6 is 0 Å². The molecular formula is C12H26N2. The van der Waals surface area contributed by atoms with E-state index >= 15 is 0 Å². The summed E-state index contributed by atoms with van der Waals surface area (Å²) in [6, 6.07) is 0.812.